The van der Waals surface area contributed by atoms with Crippen LogP contribution >= 0.6 is 0 Å². The lowest BCUT2D eigenvalue weighted by atomic mass is 9.89. The first-order valence-electron chi connectivity index (χ1n) is 8.01. The van der Waals surface area contributed by atoms with Gasteiger partial charge < -0.3 is 5.73 Å². The molecule has 1 nitrogen and oxygen atoms in total. The Morgan fingerprint density at radius 3 is 2.14 bits per heavy atom. The predicted octanol–water partition coefficient (Wildman–Crippen LogP) is 5.60. The number of anilines is 1. The van der Waals surface area contributed by atoms with Gasteiger partial charge in [-0.05, 0) is 68.7 Å². The molecule has 2 N–H and O–H groups in total. The van der Waals surface area contributed by atoms with Crippen LogP contribution in [0.2, 0.25) is 0 Å². The minimum atomic E-state index is 0.462. The Bertz CT molecular complexity index is 549. The standard InChI is InChI=1S/C20H27N/c1-16-15-20(21)17(2)14-19(16)18-12-10-8-6-4-3-5-7-9-11-13-18/h3-4,9-12,14-15,18H,5-8,13,21H2,1-2H3/b4-3+,11-9+,12-10+. The highest BCUT2D eigenvalue weighted by Gasteiger charge is 2.11. The highest BCUT2D eigenvalue weighted by Crippen LogP contribution is 2.29. The fraction of sp³-hybridized carbons (Fsp3) is 0.400. The lowest BCUT2D eigenvalue weighted by molar-refractivity contribution is 0.837. The maximum atomic E-state index is 6.02. The number of hydrogen-bond acceptors (Lipinski definition) is 1. The van der Waals surface area contributed by atoms with Crippen molar-refractivity contribution in [3.05, 3.63) is 65.3 Å². The smallest absolute Gasteiger partial charge is 0.0346 e. The van der Waals surface area contributed by atoms with Gasteiger partial charge in [0, 0.05) is 11.6 Å². The molecular formula is C20H27N. The van der Waals surface area contributed by atoms with Gasteiger partial charge in [-0.25, -0.2) is 0 Å². The van der Waals surface area contributed by atoms with Crippen LogP contribution in [0, 0.1) is 13.8 Å². The lowest BCUT2D eigenvalue weighted by Crippen LogP contribution is -2.01. The van der Waals surface area contributed by atoms with E-state index in [9.17, 15) is 0 Å². The number of nitrogens with two attached hydrogens (primary N) is 1. The summed E-state index contributed by atoms with van der Waals surface area (Å²) < 4.78 is 0. The van der Waals surface area contributed by atoms with Crippen molar-refractivity contribution < 1.29 is 0 Å². The summed E-state index contributed by atoms with van der Waals surface area (Å²) in [7, 11) is 0. The van der Waals surface area contributed by atoms with Crippen LogP contribution in [-0.2, 0) is 0 Å². The fourth-order valence-electron chi connectivity index (χ4n) is 2.81. The van der Waals surface area contributed by atoms with Gasteiger partial charge in [-0.2, -0.15) is 0 Å². The van der Waals surface area contributed by atoms with Crippen molar-refractivity contribution in [2.24, 2.45) is 0 Å². The monoisotopic (exact) mass is 281 g/mol. The molecule has 1 aromatic carbocycles. The number of nitrogen functional groups attached to an aromatic ring is 1. The molecule has 0 bridgehead atoms. The molecule has 0 aliphatic heterocycles. The maximum absolute atomic E-state index is 6.02. The van der Waals surface area contributed by atoms with Crippen molar-refractivity contribution in [2.45, 2.75) is 51.9 Å². The molecule has 1 heteroatoms. The Labute approximate surface area is 129 Å². The zero-order chi connectivity index (χ0) is 15.1. The van der Waals surface area contributed by atoms with Crippen molar-refractivity contribution in [3.63, 3.8) is 0 Å². The SMILES string of the molecule is Cc1cc(C2/C=C/CC/C=C/CC/C=C/C2)c(C)cc1N. The zero-order valence-electron chi connectivity index (χ0n) is 13.3. The number of rotatable bonds is 1. The topological polar surface area (TPSA) is 26.0 Å². The molecule has 1 aliphatic carbocycles. The normalized spacial score (nSPS) is 24.6. The molecule has 0 amide bonds. The first kappa shape index (κ1) is 15.6. The summed E-state index contributed by atoms with van der Waals surface area (Å²) in [6, 6.07) is 4.38. The molecule has 1 aromatic rings. The first-order chi connectivity index (χ1) is 10.2. The van der Waals surface area contributed by atoms with Crippen molar-refractivity contribution in [1.82, 2.24) is 0 Å². The van der Waals surface area contributed by atoms with Gasteiger partial charge in [0.05, 0.1) is 0 Å². The molecule has 0 saturated heterocycles. The molecule has 1 unspecified atom stereocenters. The number of aryl methyl sites for hydroxylation is 2. The molecule has 0 aromatic heterocycles. The van der Waals surface area contributed by atoms with Gasteiger partial charge in [0.15, 0.2) is 0 Å². The largest absolute Gasteiger partial charge is 0.399 e. The molecule has 21 heavy (non-hydrogen) atoms. The summed E-state index contributed by atoms with van der Waals surface area (Å²) in [6.07, 6.45) is 19.6. The van der Waals surface area contributed by atoms with E-state index in [1.807, 2.05) is 0 Å². The predicted molar refractivity (Wildman–Crippen MR) is 93.6 cm³/mol. The second kappa shape index (κ2) is 7.87. The molecule has 1 aliphatic rings. The summed E-state index contributed by atoms with van der Waals surface area (Å²) in [5, 5.41) is 0. The maximum Gasteiger partial charge on any atom is 0.0346 e. The Balaban J connectivity index is 2.25. The number of allylic oxidation sites excluding steroid dienone is 6. The van der Waals surface area contributed by atoms with Gasteiger partial charge in [0.1, 0.15) is 0 Å². The number of hydrogen-bond donors (Lipinski definition) is 1. The highest BCUT2D eigenvalue weighted by atomic mass is 14.6. The fourth-order valence-corrected chi connectivity index (χ4v) is 2.81. The van der Waals surface area contributed by atoms with E-state index < -0.39 is 0 Å². The van der Waals surface area contributed by atoms with Gasteiger partial charge in [0.25, 0.3) is 0 Å². The molecule has 2 rings (SSSR count). The summed E-state index contributed by atoms with van der Waals surface area (Å²) in [4.78, 5) is 0. The van der Waals surface area contributed by atoms with Gasteiger partial charge in [0.2, 0.25) is 0 Å². The van der Waals surface area contributed by atoms with Crippen molar-refractivity contribution in [2.75, 3.05) is 5.73 Å². The van der Waals surface area contributed by atoms with Gasteiger partial charge in [-0.1, -0.05) is 42.5 Å². The Kier molecular flexibility index (Phi) is 5.86. The molecule has 0 radical (unpaired) electrons. The van der Waals surface area contributed by atoms with Gasteiger partial charge in [-0.3, -0.25) is 0 Å². The lowest BCUT2D eigenvalue weighted by Gasteiger charge is -2.17. The van der Waals surface area contributed by atoms with Gasteiger partial charge >= 0.3 is 0 Å². The van der Waals surface area contributed by atoms with Crippen molar-refractivity contribution in [1.29, 1.82) is 0 Å². The van der Waals surface area contributed by atoms with Crippen LogP contribution in [0.5, 0.6) is 0 Å². The van der Waals surface area contributed by atoms with E-state index in [2.05, 4.69) is 62.4 Å². The van der Waals surface area contributed by atoms with Crippen LogP contribution < -0.4 is 5.73 Å². The molecule has 0 fully saturated rings. The average Bonchev–Trinajstić information content (AvgIpc) is 2.44. The van der Waals surface area contributed by atoms with Crippen LogP contribution in [-0.4, -0.2) is 0 Å². The van der Waals surface area contributed by atoms with Crippen LogP contribution in [0.4, 0.5) is 5.69 Å². The van der Waals surface area contributed by atoms with E-state index in [0.717, 1.165) is 37.8 Å². The van der Waals surface area contributed by atoms with E-state index in [-0.39, 0.29) is 0 Å². The second-order valence-corrected chi connectivity index (χ2v) is 5.93. The minimum absolute atomic E-state index is 0.462. The Morgan fingerprint density at radius 2 is 1.43 bits per heavy atom. The zero-order valence-corrected chi connectivity index (χ0v) is 13.3. The summed E-state index contributed by atoms with van der Waals surface area (Å²) in [6.45, 7) is 4.26. The Hall–Kier alpha value is -1.76. The quantitative estimate of drug-likeness (QED) is 0.526. The third-order valence-corrected chi connectivity index (χ3v) is 4.15. The van der Waals surface area contributed by atoms with E-state index in [1.54, 1.807) is 0 Å². The summed E-state index contributed by atoms with van der Waals surface area (Å²) in [5.41, 5.74) is 10.8. The van der Waals surface area contributed by atoms with Gasteiger partial charge in [-0.15, -0.1) is 0 Å². The first-order valence-corrected chi connectivity index (χ1v) is 8.01. The summed E-state index contributed by atoms with van der Waals surface area (Å²) in [5.74, 6) is 0.462. The van der Waals surface area contributed by atoms with Crippen LogP contribution in [0.1, 0.15) is 54.7 Å². The third kappa shape index (κ3) is 4.63. The second-order valence-electron chi connectivity index (χ2n) is 5.93. The van der Waals surface area contributed by atoms with Crippen LogP contribution in [0.15, 0.2) is 48.6 Å². The molecule has 0 saturated carbocycles. The molecule has 0 heterocycles. The van der Waals surface area contributed by atoms with Crippen molar-refractivity contribution in [3.8, 4) is 0 Å². The van der Waals surface area contributed by atoms with Crippen molar-refractivity contribution >= 4 is 5.69 Å². The molecule has 112 valence electrons. The van der Waals surface area contributed by atoms with E-state index >= 15 is 0 Å². The van der Waals surface area contributed by atoms with E-state index in [1.165, 1.54) is 16.7 Å². The third-order valence-electron chi connectivity index (χ3n) is 4.15. The van der Waals surface area contributed by atoms with Crippen LogP contribution in [0.3, 0.4) is 0 Å². The number of benzene rings is 1. The van der Waals surface area contributed by atoms with E-state index in [4.69, 9.17) is 5.73 Å². The molecular weight excluding hydrogens is 254 g/mol. The Morgan fingerprint density at radius 1 is 0.810 bits per heavy atom. The van der Waals surface area contributed by atoms with Crippen LogP contribution in [0.25, 0.3) is 0 Å². The van der Waals surface area contributed by atoms with E-state index in [0.29, 0.717) is 5.92 Å². The molecule has 0 spiro atoms. The molecule has 1 atom stereocenters. The highest BCUT2D eigenvalue weighted by molar-refractivity contribution is 5.52. The summed E-state index contributed by atoms with van der Waals surface area (Å²) >= 11 is 0. The average molecular weight is 281 g/mol. The minimum Gasteiger partial charge on any atom is -0.399 e.